The molecule has 0 aliphatic heterocycles. The summed E-state index contributed by atoms with van der Waals surface area (Å²) in [5.74, 6) is 0.0617. The van der Waals surface area contributed by atoms with Crippen molar-refractivity contribution in [2.45, 2.75) is 37.9 Å². The highest BCUT2D eigenvalue weighted by atomic mass is 32.2. The number of hydrogen-bond acceptors (Lipinski definition) is 3. The Balaban J connectivity index is 2.05. The Bertz CT molecular complexity index is 215. The van der Waals surface area contributed by atoms with Gasteiger partial charge in [0, 0.05) is 12.2 Å². The van der Waals surface area contributed by atoms with Crippen LogP contribution in [0.3, 0.4) is 0 Å². The minimum atomic E-state index is -0.246. The highest BCUT2D eigenvalue weighted by Crippen LogP contribution is 2.28. The molecule has 1 rings (SSSR count). The van der Waals surface area contributed by atoms with Crippen LogP contribution >= 0.6 is 11.8 Å². The van der Waals surface area contributed by atoms with Gasteiger partial charge in [0.2, 0.25) is 11.8 Å². The third-order valence-electron chi connectivity index (χ3n) is 2.13. The lowest BCUT2D eigenvalue weighted by Gasteiger charge is -2.08. The fourth-order valence-corrected chi connectivity index (χ4v) is 2.57. The van der Waals surface area contributed by atoms with Gasteiger partial charge in [0.1, 0.15) is 0 Å². The van der Waals surface area contributed by atoms with Gasteiger partial charge in [0.15, 0.2) is 0 Å². The zero-order valence-corrected chi connectivity index (χ0v) is 9.15. The molecule has 0 heterocycles. The van der Waals surface area contributed by atoms with Gasteiger partial charge >= 0.3 is 0 Å². The average Bonchev–Trinajstić information content (AvgIpc) is 2.63. The maximum absolute atomic E-state index is 11.2. The number of thioether (sulfide) groups is 1. The molecule has 2 N–H and O–H groups in total. The summed E-state index contributed by atoms with van der Waals surface area (Å²) < 4.78 is 0. The molecular formula is C9H16N2O2S. The number of amides is 2. The van der Waals surface area contributed by atoms with E-state index in [1.54, 1.807) is 11.8 Å². The largest absolute Gasteiger partial charge is 0.274 e. The maximum atomic E-state index is 11.2. The maximum Gasteiger partial charge on any atom is 0.248 e. The van der Waals surface area contributed by atoms with E-state index in [0.717, 1.165) is 0 Å². The van der Waals surface area contributed by atoms with E-state index in [4.69, 9.17) is 0 Å². The quantitative estimate of drug-likeness (QED) is 0.687. The van der Waals surface area contributed by atoms with E-state index in [1.807, 2.05) is 0 Å². The van der Waals surface area contributed by atoms with E-state index in [9.17, 15) is 9.59 Å². The SMILES string of the molecule is CC(=O)NNC(=O)CSC1CCCC1. The van der Waals surface area contributed by atoms with Gasteiger partial charge in [-0.05, 0) is 12.8 Å². The van der Waals surface area contributed by atoms with E-state index in [1.165, 1.54) is 32.6 Å². The second-order valence-electron chi connectivity index (χ2n) is 3.45. The molecular weight excluding hydrogens is 200 g/mol. The molecule has 1 saturated carbocycles. The van der Waals surface area contributed by atoms with Crippen LogP contribution in [0.4, 0.5) is 0 Å². The summed E-state index contributed by atoms with van der Waals surface area (Å²) in [6.07, 6.45) is 5.01. The topological polar surface area (TPSA) is 58.2 Å². The number of rotatable bonds is 3. The molecule has 1 aliphatic carbocycles. The summed E-state index contributed by atoms with van der Waals surface area (Å²) in [6, 6.07) is 0. The van der Waals surface area contributed by atoms with Crippen molar-refractivity contribution in [1.29, 1.82) is 0 Å². The Morgan fingerprint density at radius 2 is 1.93 bits per heavy atom. The standard InChI is InChI=1S/C9H16N2O2S/c1-7(12)10-11-9(13)6-14-8-4-2-3-5-8/h8H,2-6H2,1H3,(H,10,12)(H,11,13). The van der Waals surface area contributed by atoms with E-state index >= 15 is 0 Å². The smallest absolute Gasteiger partial charge is 0.248 e. The monoisotopic (exact) mass is 216 g/mol. The van der Waals surface area contributed by atoms with Crippen LogP contribution in [-0.2, 0) is 9.59 Å². The Morgan fingerprint density at radius 3 is 2.50 bits per heavy atom. The van der Waals surface area contributed by atoms with Gasteiger partial charge in [0.25, 0.3) is 0 Å². The van der Waals surface area contributed by atoms with Crippen molar-refractivity contribution in [3.05, 3.63) is 0 Å². The van der Waals surface area contributed by atoms with Crippen LogP contribution in [0.5, 0.6) is 0 Å². The van der Waals surface area contributed by atoms with E-state index in [2.05, 4.69) is 10.9 Å². The molecule has 14 heavy (non-hydrogen) atoms. The summed E-state index contributed by atoms with van der Waals surface area (Å²) in [5.41, 5.74) is 4.62. The molecule has 4 nitrogen and oxygen atoms in total. The first kappa shape index (κ1) is 11.4. The van der Waals surface area contributed by atoms with Crippen molar-refractivity contribution in [1.82, 2.24) is 10.9 Å². The normalized spacial score (nSPS) is 16.6. The zero-order chi connectivity index (χ0) is 10.4. The molecule has 0 spiro atoms. The van der Waals surface area contributed by atoms with E-state index in [-0.39, 0.29) is 11.8 Å². The van der Waals surface area contributed by atoms with Crippen molar-refractivity contribution in [3.63, 3.8) is 0 Å². The Labute approximate surface area is 88.2 Å². The van der Waals surface area contributed by atoms with Crippen molar-refractivity contribution < 1.29 is 9.59 Å². The Morgan fingerprint density at radius 1 is 1.29 bits per heavy atom. The summed E-state index contributed by atoms with van der Waals surface area (Å²) in [6.45, 7) is 1.37. The Kier molecular flexibility index (Phi) is 4.79. The predicted octanol–water partition coefficient (Wildman–Crippen LogP) is 0.829. The van der Waals surface area contributed by atoms with Gasteiger partial charge in [-0.3, -0.25) is 20.4 Å². The van der Waals surface area contributed by atoms with Crippen LogP contribution in [0.2, 0.25) is 0 Å². The molecule has 2 amide bonds. The van der Waals surface area contributed by atoms with Crippen molar-refractivity contribution >= 4 is 23.6 Å². The number of hydrazine groups is 1. The van der Waals surface area contributed by atoms with Gasteiger partial charge in [-0.25, -0.2) is 0 Å². The second kappa shape index (κ2) is 5.90. The van der Waals surface area contributed by atoms with E-state index < -0.39 is 0 Å². The summed E-state index contributed by atoms with van der Waals surface area (Å²) in [5, 5.41) is 0.637. The van der Waals surface area contributed by atoms with Crippen LogP contribution in [-0.4, -0.2) is 22.8 Å². The van der Waals surface area contributed by atoms with Crippen molar-refractivity contribution in [3.8, 4) is 0 Å². The molecule has 0 unspecified atom stereocenters. The third-order valence-corrected chi connectivity index (χ3v) is 3.50. The predicted molar refractivity (Wildman–Crippen MR) is 56.7 cm³/mol. The molecule has 1 aliphatic rings. The van der Waals surface area contributed by atoms with E-state index in [0.29, 0.717) is 11.0 Å². The summed E-state index contributed by atoms with van der Waals surface area (Å²) >= 11 is 1.68. The minimum Gasteiger partial charge on any atom is -0.274 e. The summed E-state index contributed by atoms with van der Waals surface area (Å²) in [4.78, 5) is 21.6. The summed E-state index contributed by atoms with van der Waals surface area (Å²) in [7, 11) is 0. The second-order valence-corrected chi connectivity index (χ2v) is 4.74. The fourth-order valence-electron chi connectivity index (χ4n) is 1.44. The molecule has 80 valence electrons. The average molecular weight is 216 g/mol. The number of nitrogens with one attached hydrogen (secondary N) is 2. The first-order valence-corrected chi connectivity index (χ1v) is 5.90. The lowest BCUT2D eigenvalue weighted by molar-refractivity contribution is -0.126. The third kappa shape index (κ3) is 4.50. The lowest BCUT2D eigenvalue weighted by Crippen LogP contribution is -2.41. The number of carbonyl (C=O) groups excluding carboxylic acids is 2. The van der Waals surface area contributed by atoms with Gasteiger partial charge in [-0.2, -0.15) is 0 Å². The van der Waals surface area contributed by atoms with Crippen LogP contribution in [0, 0.1) is 0 Å². The molecule has 0 saturated heterocycles. The van der Waals surface area contributed by atoms with Gasteiger partial charge in [0.05, 0.1) is 5.75 Å². The first-order chi connectivity index (χ1) is 6.68. The van der Waals surface area contributed by atoms with Crippen LogP contribution in [0.1, 0.15) is 32.6 Å². The molecule has 1 fully saturated rings. The number of carbonyl (C=O) groups is 2. The number of hydrogen-bond donors (Lipinski definition) is 2. The molecule has 0 atom stereocenters. The van der Waals surface area contributed by atoms with Crippen LogP contribution < -0.4 is 10.9 Å². The zero-order valence-electron chi connectivity index (χ0n) is 8.34. The molecule has 0 aromatic carbocycles. The minimum absolute atomic E-state index is 0.128. The fraction of sp³-hybridized carbons (Fsp3) is 0.778. The Hall–Kier alpha value is -0.710. The van der Waals surface area contributed by atoms with Gasteiger partial charge in [-0.15, -0.1) is 11.8 Å². The molecule has 0 bridgehead atoms. The van der Waals surface area contributed by atoms with Gasteiger partial charge in [-0.1, -0.05) is 12.8 Å². The molecule has 5 heteroatoms. The van der Waals surface area contributed by atoms with Crippen molar-refractivity contribution in [2.24, 2.45) is 0 Å². The highest BCUT2D eigenvalue weighted by Gasteiger charge is 2.16. The van der Waals surface area contributed by atoms with Crippen LogP contribution in [0.15, 0.2) is 0 Å². The molecule has 0 radical (unpaired) electrons. The lowest BCUT2D eigenvalue weighted by atomic mass is 10.4. The van der Waals surface area contributed by atoms with Gasteiger partial charge < -0.3 is 0 Å². The molecule has 0 aromatic heterocycles. The van der Waals surface area contributed by atoms with Crippen LogP contribution in [0.25, 0.3) is 0 Å². The van der Waals surface area contributed by atoms with Crippen molar-refractivity contribution in [2.75, 3.05) is 5.75 Å². The molecule has 0 aromatic rings. The first-order valence-electron chi connectivity index (χ1n) is 4.85. The highest BCUT2D eigenvalue weighted by molar-refractivity contribution is 8.00.